The molecule has 0 radical (unpaired) electrons. The highest BCUT2D eigenvalue weighted by atomic mass is 32.2. The molecule has 0 N–H and O–H groups in total. The van der Waals surface area contributed by atoms with Gasteiger partial charge in [-0.2, -0.15) is 0 Å². The summed E-state index contributed by atoms with van der Waals surface area (Å²) in [7, 11) is 4.40. The van der Waals surface area contributed by atoms with Crippen molar-refractivity contribution < 1.29 is 0 Å². The summed E-state index contributed by atoms with van der Waals surface area (Å²) in [6, 6.07) is 9.77. The molecule has 1 aromatic carbocycles. The lowest BCUT2D eigenvalue weighted by atomic mass is 9.73. The molecule has 1 aromatic heterocycles. The molecule has 1 aliphatic heterocycles. The molecular weight excluding hydrogens is 302 g/mol. The fourth-order valence-corrected chi connectivity index (χ4v) is 5.40. The van der Waals surface area contributed by atoms with Crippen molar-refractivity contribution in [3.05, 3.63) is 47.8 Å². The third kappa shape index (κ3) is 3.07. The number of hydrogen-bond donors (Lipinski definition) is 0. The van der Waals surface area contributed by atoms with Gasteiger partial charge in [0.05, 0.1) is 0 Å². The Kier molecular flexibility index (Phi) is 4.20. The topological polar surface area (TPSA) is 21.1 Å². The molecule has 2 aromatic rings. The second-order valence-corrected chi connectivity index (χ2v) is 8.16. The number of thioether (sulfide) groups is 1. The van der Waals surface area contributed by atoms with E-state index in [1.165, 1.54) is 31.6 Å². The maximum Gasteiger partial charge on any atom is 0.167 e. The molecule has 1 unspecified atom stereocenters. The van der Waals surface area contributed by atoms with Gasteiger partial charge in [0.15, 0.2) is 5.16 Å². The van der Waals surface area contributed by atoms with Gasteiger partial charge in [-0.3, -0.25) is 0 Å². The summed E-state index contributed by atoms with van der Waals surface area (Å²) in [5.74, 6) is 2.77. The van der Waals surface area contributed by atoms with E-state index in [4.69, 9.17) is 0 Å². The molecule has 1 fully saturated rings. The van der Waals surface area contributed by atoms with E-state index in [0.717, 1.165) is 23.0 Å². The van der Waals surface area contributed by atoms with Crippen LogP contribution in [0.2, 0.25) is 0 Å². The zero-order valence-electron chi connectivity index (χ0n) is 14.0. The summed E-state index contributed by atoms with van der Waals surface area (Å²) in [5.41, 5.74) is 3.15. The number of nitrogens with zero attached hydrogens (tertiary/aromatic N) is 3. The largest absolute Gasteiger partial charge is 0.329 e. The number of piperidine rings is 1. The number of hydrogen-bond acceptors (Lipinski definition) is 3. The molecule has 0 amide bonds. The van der Waals surface area contributed by atoms with Crippen LogP contribution >= 0.6 is 11.8 Å². The SMILES string of the molecule is CN1C[C@H](CSc2nccn2C)CC2Cc3ccccc3C[C@H]21. The van der Waals surface area contributed by atoms with Crippen molar-refractivity contribution in [2.45, 2.75) is 30.5 Å². The van der Waals surface area contributed by atoms with Gasteiger partial charge in [-0.1, -0.05) is 36.0 Å². The highest BCUT2D eigenvalue weighted by molar-refractivity contribution is 7.99. The van der Waals surface area contributed by atoms with Crippen LogP contribution in [0.4, 0.5) is 0 Å². The molecule has 0 spiro atoms. The van der Waals surface area contributed by atoms with E-state index in [2.05, 4.69) is 52.8 Å². The van der Waals surface area contributed by atoms with Gasteiger partial charge < -0.3 is 9.47 Å². The van der Waals surface area contributed by atoms with Crippen LogP contribution in [0, 0.1) is 11.8 Å². The fourth-order valence-electron chi connectivity index (χ4n) is 4.37. The van der Waals surface area contributed by atoms with E-state index >= 15 is 0 Å². The first-order valence-electron chi connectivity index (χ1n) is 8.58. The number of aromatic nitrogens is 2. The summed E-state index contributed by atoms with van der Waals surface area (Å²) < 4.78 is 2.12. The molecule has 0 bridgehead atoms. The highest BCUT2D eigenvalue weighted by Crippen LogP contribution is 2.37. The predicted octanol–water partition coefficient (Wildman–Crippen LogP) is 3.25. The Morgan fingerprint density at radius 2 is 1.96 bits per heavy atom. The van der Waals surface area contributed by atoms with Gasteiger partial charge in [0.1, 0.15) is 0 Å². The van der Waals surface area contributed by atoms with E-state index in [0.29, 0.717) is 0 Å². The van der Waals surface area contributed by atoms with Gasteiger partial charge in [0, 0.05) is 37.8 Å². The second-order valence-electron chi connectivity index (χ2n) is 7.18. The van der Waals surface area contributed by atoms with Crippen molar-refractivity contribution >= 4 is 11.8 Å². The lowest BCUT2D eigenvalue weighted by molar-refractivity contribution is 0.0798. The number of likely N-dealkylation sites (N-methyl/N-ethyl adjacent to an activating group) is 1. The van der Waals surface area contributed by atoms with Crippen molar-refractivity contribution in [3.63, 3.8) is 0 Å². The summed E-state index contributed by atoms with van der Waals surface area (Å²) in [4.78, 5) is 7.06. The zero-order chi connectivity index (χ0) is 15.8. The van der Waals surface area contributed by atoms with Crippen molar-refractivity contribution in [2.75, 3.05) is 19.3 Å². The number of benzene rings is 1. The highest BCUT2D eigenvalue weighted by Gasteiger charge is 2.37. The van der Waals surface area contributed by atoms with Gasteiger partial charge in [-0.15, -0.1) is 0 Å². The van der Waals surface area contributed by atoms with Crippen molar-refractivity contribution in [1.29, 1.82) is 0 Å². The van der Waals surface area contributed by atoms with E-state index < -0.39 is 0 Å². The predicted molar refractivity (Wildman–Crippen MR) is 95.8 cm³/mol. The summed E-state index contributed by atoms with van der Waals surface area (Å²) >= 11 is 1.91. The smallest absolute Gasteiger partial charge is 0.167 e. The van der Waals surface area contributed by atoms with Gasteiger partial charge >= 0.3 is 0 Å². The first kappa shape index (κ1) is 15.3. The Morgan fingerprint density at radius 3 is 2.70 bits per heavy atom. The number of likely N-dealkylation sites (tertiary alicyclic amines) is 1. The van der Waals surface area contributed by atoms with E-state index in [-0.39, 0.29) is 0 Å². The maximum absolute atomic E-state index is 4.44. The lowest BCUT2D eigenvalue weighted by Gasteiger charge is -2.46. The molecule has 4 rings (SSSR count). The number of fused-ring (bicyclic) bond motifs is 2. The standard InChI is InChI=1S/C19H25N3S/c1-21-8-7-20-19(21)23-13-14-9-17-10-15-5-3-4-6-16(15)11-18(17)22(2)12-14/h3-8,14,17-18H,9-13H2,1-2H3/t14-,17?,18-/m1/s1. The zero-order valence-corrected chi connectivity index (χ0v) is 14.8. The maximum atomic E-state index is 4.44. The minimum absolute atomic E-state index is 0.735. The first-order valence-corrected chi connectivity index (χ1v) is 9.56. The van der Waals surface area contributed by atoms with Crippen LogP contribution in [0.25, 0.3) is 0 Å². The van der Waals surface area contributed by atoms with Crippen LogP contribution in [-0.2, 0) is 19.9 Å². The average Bonchev–Trinajstić information content (AvgIpc) is 2.96. The molecule has 1 aliphatic carbocycles. The molecule has 122 valence electrons. The Morgan fingerprint density at radius 1 is 1.17 bits per heavy atom. The molecule has 2 heterocycles. The molecule has 2 aliphatic rings. The Bertz CT molecular complexity index is 681. The van der Waals surface area contributed by atoms with Crippen LogP contribution in [0.15, 0.2) is 41.8 Å². The monoisotopic (exact) mass is 327 g/mol. The Balaban J connectivity index is 1.43. The molecule has 3 atom stereocenters. The minimum atomic E-state index is 0.735. The third-order valence-corrected chi connectivity index (χ3v) is 6.84. The molecule has 23 heavy (non-hydrogen) atoms. The third-order valence-electron chi connectivity index (χ3n) is 5.55. The van der Waals surface area contributed by atoms with Crippen LogP contribution in [0.3, 0.4) is 0 Å². The van der Waals surface area contributed by atoms with E-state index in [1.54, 1.807) is 11.1 Å². The summed E-state index contributed by atoms with van der Waals surface area (Å²) in [5, 5.41) is 1.14. The molecule has 0 saturated carbocycles. The van der Waals surface area contributed by atoms with Crippen molar-refractivity contribution in [3.8, 4) is 0 Å². The van der Waals surface area contributed by atoms with Crippen LogP contribution < -0.4 is 0 Å². The fraction of sp³-hybridized carbons (Fsp3) is 0.526. The summed E-state index contributed by atoms with van der Waals surface area (Å²) in [6.07, 6.45) is 7.78. The van der Waals surface area contributed by atoms with Gasteiger partial charge in [-0.25, -0.2) is 4.98 Å². The van der Waals surface area contributed by atoms with Gasteiger partial charge in [-0.05, 0) is 49.3 Å². The van der Waals surface area contributed by atoms with Gasteiger partial charge in [0.25, 0.3) is 0 Å². The lowest BCUT2D eigenvalue weighted by Crippen LogP contribution is -2.50. The molecular formula is C19H25N3S. The van der Waals surface area contributed by atoms with E-state index in [1.807, 2.05) is 24.2 Å². The second kappa shape index (κ2) is 6.33. The van der Waals surface area contributed by atoms with Crippen molar-refractivity contribution in [2.24, 2.45) is 18.9 Å². The van der Waals surface area contributed by atoms with E-state index in [9.17, 15) is 0 Å². The van der Waals surface area contributed by atoms with Crippen LogP contribution in [0.1, 0.15) is 17.5 Å². The van der Waals surface area contributed by atoms with Crippen LogP contribution in [-0.4, -0.2) is 39.8 Å². The number of aryl methyl sites for hydroxylation is 1. The molecule has 4 heteroatoms. The number of imidazole rings is 1. The summed E-state index contributed by atoms with van der Waals surface area (Å²) in [6.45, 7) is 1.22. The minimum Gasteiger partial charge on any atom is -0.329 e. The van der Waals surface area contributed by atoms with Crippen molar-refractivity contribution in [1.82, 2.24) is 14.5 Å². The quantitative estimate of drug-likeness (QED) is 0.808. The van der Waals surface area contributed by atoms with Crippen LogP contribution in [0.5, 0.6) is 0 Å². The average molecular weight is 327 g/mol. The first-order chi connectivity index (χ1) is 11.2. The normalized spacial score (nSPS) is 27.5. The molecule has 3 nitrogen and oxygen atoms in total. The number of rotatable bonds is 3. The van der Waals surface area contributed by atoms with Gasteiger partial charge in [0.2, 0.25) is 0 Å². The molecule has 1 saturated heterocycles. The Hall–Kier alpha value is -1.26. The Labute approximate surface area is 143 Å².